The van der Waals surface area contributed by atoms with Crippen molar-refractivity contribution in [1.82, 2.24) is 9.88 Å². The fourth-order valence-electron chi connectivity index (χ4n) is 4.84. The first kappa shape index (κ1) is 22.3. The Morgan fingerprint density at radius 1 is 1.28 bits per heavy atom. The van der Waals surface area contributed by atoms with E-state index < -0.39 is 0 Å². The Kier molecular flexibility index (Phi) is 7.05. The van der Waals surface area contributed by atoms with Crippen molar-refractivity contribution in [3.63, 3.8) is 0 Å². The predicted molar refractivity (Wildman–Crippen MR) is 125 cm³/mol. The molecule has 0 saturated carbocycles. The van der Waals surface area contributed by atoms with E-state index >= 15 is 0 Å². The smallest absolute Gasteiger partial charge is 0.330 e. The Bertz CT molecular complexity index is 1100. The van der Waals surface area contributed by atoms with Gasteiger partial charge in [-0.2, -0.15) is 0 Å². The van der Waals surface area contributed by atoms with Crippen molar-refractivity contribution >= 4 is 22.9 Å². The van der Waals surface area contributed by atoms with Gasteiger partial charge in [0, 0.05) is 41.8 Å². The minimum absolute atomic E-state index is 0.0191. The van der Waals surface area contributed by atoms with Crippen LogP contribution in [-0.2, 0) is 22.4 Å². The number of benzene rings is 2. The molecular weight excluding hydrogens is 404 g/mol. The summed E-state index contributed by atoms with van der Waals surface area (Å²) in [5, 5.41) is 21.3. The molecule has 0 bridgehead atoms. The highest BCUT2D eigenvalue weighted by atomic mass is 16.5. The molecule has 1 aliphatic rings. The number of para-hydroxylation sites is 1. The number of carbonyl (C=O) groups excluding carboxylic acids is 1. The fraction of sp³-hybridized carbons (Fsp3) is 0.346. The standard InChI is InChI=1S/C26H30N2O4/c1-32-26(31)11-7-18-6-9-23-19(14-18)8-10-25(23)28(12-13-29)21(17-30)15-20-16-27-24-5-3-2-4-22(20)24/h2-7,9,11,14,16,21,25,27,29-30H,8,10,12-13,15,17H2,1H3/b11-7+/t21-,25+/m0/s1. The average Bonchev–Trinajstić information content (AvgIpc) is 3.43. The van der Waals surface area contributed by atoms with Crippen molar-refractivity contribution in [1.29, 1.82) is 0 Å². The van der Waals surface area contributed by atoms with Gasteiger partial charge in [-0.15, -0.1) is 0 Å². The Balaban J connectivity index is 1.57. The van der Waals surface area contributed by atoms with Crippen LogP contribution >= 0.6 is 0 Å². The number of nitrogens with zero attached hydrogens (tertiary/aromatic N) is 1. The van der Waals surface area contributed by atoms with Crippen molar-refractivity contribution in [2.75, 3.05) is 26.9 Å². The average molecular weight is 435 g/mol. The molecule has 1 aliphatic carbocycles. The molecular formula is C26H30N2O4. The van der Waals surface area contributed by atoms with Gasteiger partial charge in [0.1, 0.15) is 0 Å². The first-order valence-corrected chi connectivity index (χ1v) is 11.1. The summed E-state index contributed by atoms with van der Waals surface area (Å²) in [5.41, 5.74) is 5.69. The first-order valence-electron chi connectivity index (χ1n) is 11.1. The highest BCUT2D eigenvalue weighted by Gasteiger charge is 2.32. The number of aliphatic hydroxyl groups is 2. The number of rotatable bonds is 9. The predicted octanol–water partition coefficient (Wildman–Crippen LogP) is 3.24. The summed E-state index contributed by atoms with van der Waals surface area (Å²) in [6, 6.07) is 14.4. The maximum atomic E-state index is 11.4. The zero-order chi connectivity index (χ0) is 22.5. The molecule has 2 aromatic carbocycles. The zero-order valence-corrected chi connectivity index (χ0v) is 18.3. The van der Waals surface area contributed by atoms with Crippen molar-refractivity contribution in [2.45, 2.75) is 31.3 Å². The number of aliphatic hydroxyl groups excluding tert-OH is 2. The van der Waals surface area contributed by atoms with E-state index in [1.807, 2.05) is 24.4 Å². The maximum absolute atomic E-state index is 11.4. The van der Waals surface area contributed by atoms with Crippen LogP contribution in [0.2, 0.25) is 0 Å². The van der Waals surface area contributed by atoms with Crippen LogP contribution in [0.15, 0.2) is 54.7 Å². The van der Waals surface area contributed by atoms with E-state index in [1.54, 1.807) is 6.08 Å². The number of methoxy groups -OCH3 is 1. The van der Waals surface area contributed by atoms with Crippen LogP contribution < -0.4 is 0 Å². The van der Waals surface area contributed by atoms with Crippen molar-refractivity contribution in [3.05, 3.63) is 77.0 Å². The third kappa shape index (κ3) is 4.63. The second-order valence-electron chi connectivity index (χ2n) is 8.23. The number of hydrogen-bond donors (Lipinski definition) is 3. The maximum Gasteiger partial charge on any atom is 0.330 e. The van der Waals surface area contributed by atoms with E-state index in [0.29, 0.717) is 13.0 Å². The van der Waals surface area contributed by atoms with Crippen LogP contribution in [0.3, 0.4) is 0 Å². The normalized spacial score (nSPS) is 16.7. The van der Waals surface area contributed by atoms with E-state index in [0.717, 1.165) is 23.9 Å². The van der Waals surface area contributed by atoms with Crippen molar-refractivity contribution in [2.24, 2.45) is 0 Å². The molecule has 0 radical (unpaired) electrons. The number of ether oxygens (including phenoxy) is 1. The minimum atomic E-state index is -0.374. The monoisotopic (exact) mass is 434 g/mol. The number of fused-ring (bicyclic) bond motifs is 2. The topological polar surface area (TPSA) is 85.8 Å². The highest BCUT2D eigenvalue weighted by Crippen LogP contribution is 2.38. The first-order chi connectivity index (χ1) is 15.6. The summed E-state index contributed by atoms with van der Waals surface area (Å²) in [6.07, 6.45) is 7.77. The van der Waals surface area contributed by atoms with Gasteiger partial charge in [-0.05, 0) is 53.7 Å². The van der Waals surface area contributed by atoms with Crippen LogP contribution in [0.5, 0.6) is 0 Å². The van der Waals surface area contributed by atoms with Gasteiger partial charge in [0.2, 0.25) is 0 Å². The molecule has 2 atom stereocenters. The molecule has 6 nitrogen and oxygen atoms in total. The summed E-state index contributed by atoms with van der Waals surface area (Å²) in [7, 11) is 1.36. The second kappa shape index (κ2) is 10.1. The van der Waals surface area contributed by atoms with E-state index in [4.69, 9.17) is 0 Å². The summed E-state index contributed by atoms with van der Waals surface area (Å²) in [6.45, 7) is 0.559. The molecule has 3 aromatic rings. The lowest BCUT2D eigenvalue weighted by molar-refractivity contribution is -0.134. The van der Waals surface area contributed by atoms with Gasteiger partial charge in [0.05, 0.1) is 20.3 Å². The number of aromatic amines is 1. The van der Waals surface area contributed by atoms with Crippen LogP contribution in [0.4, 0.5) is 0 Å². The lowest BCUT2D eigenvalue weighted by Gasteiger charge is -2.35. The van der Waals surface area contributed by atoms with E-state index in [9.17, 15) is 15.0 Å². The van der Waals surface area contributed by atoms with Gasteiger partial charge in [-0.25, -0.2) is 4.79 Å². The second-order valence-corrected chi connectivity index (χ2v) is 8.23. The molecule has 6 heteroatoms. The van der Waals surface area contributed by atoms with Crippen molar-refractivity contribution in [3.8, 4) is 0 Å². The van der Waals surface area contributed by atoms with E-state index in [1.165, 1.54) is 35.3 Å². The minimum Gasteiger partial charge on any atom is -0.466 e. The number of esters is 1. The SMILES string of the molecule is COC(=O)/C=C/c1ccc2c(c1)CC[C@H]2N(CCO)[C@H](CO)Cc1c[nH]c2ccccc12. The van der Waals surface area contributed by atoms with Gasteiger partial charge < -0.3 is 19.9 Å². The Morgan fingerprint density at radius 2 is 2.12 bits per heavy atom. The summed E-state index contributed by atoms with van der Waals surface area (Å²) >= 11 is 0. The molecule has 0 saturated heterocycles. The van der Waals surface area contributed by atoms with Gasteiger partial charge in [-0.1, -0.05) is 36.4 Å². The largest absolute Gasteiger partial charge is 0.466 e. The summed E-state index contributed by atoms with van der Waals surface area (Å²) in [5.74, 6) is -0.374. The summed E-state index contributed by atoms with van der Waals surface area (Å²) in [4.78, 5) is 16.9. The number of aromatic nitrogens is 1. The molecule has 4 rings (SSSR count). The lowest BCUT2D eigenvalue weighted by Crippen LogP contribution is -2.43. The lowest BCUT2D eigenvalue weighted by atomic mass is 9.99. The van der Waals surface area contributed by atoms with E-state index in [2.05, 4.69) is 38.9 Å². The molecule has 0 amide bonds. The van der Waals surface area contributed by atoms with Gasteiger partial charge >= 0.3 is 5.97 Å². The fourth-order valence-corrected chi connectivity index (χ4v) is 4.84. The Morgan fingerprint density at radius 3 is 2.91 bits per heavy atom. The molecule has 1 heterocycles. The molecule has 0 unspecified atom stereocenters. The Hall–Kier alpha value is -2.93. The quantitative estimate of drug-likeness (QED) is 0.356. The van der Waals surface area contributed by atoms with Crippen LogP contribution in [0, 0.1) is 0 Å². The molecule has 1 aromatic heterocycles. The summed E-state index contributed by atoms with van der Waals surface area (Å²) < 4.78 is 4.67. The molecule has 0 aliphatic heterocycles. The van der Waals surface area contributed by atoms with Crippen molar-refractivity contribution < 1.29 is 19.7 Å². The number of hydrogen-bond acceptors (Lipinski definition) is 5. The number of carbonyl (C=O) groups is 1. The van der Waals surface area contributed by atoms with E-state index in [-0.39, 0.29) is 31.3 Å². The number of aryl methyl sites for hydroxylation is 1. The third-order valence-electron chi connectivity index (χ3n) is 6.39. The number of H-pyrrole nitrogens is 1. The van der Waals surface area contributed by atoms with Gasteiger partial charge in [-0.3, -0.25) is 4.90 Å². The highest BCUT2D eigenvalue weighted by molar-refractivity contribution is 5.87. The van der Waals surface area contributed by atoms with Crippen LogP contribution in [-0.4, -0.2) is 59.0 Å². The molecule has 3 N–H and O–H groups in total. The van der Waals surface area contributed by atoms with Crippen LogP contribution in [0.25, 0.3) is 17.0 Å². The van der Waals surface area contributed by atoms with Gasteiger partial charge in [0.25, 0.3) is 0 Å². The molecule has 0 fully saturated rings. The zero-order valence-electron chi connectivity index (χ0n) is 18.3. The molecule has 0 spiro atoms. The molecule has 168 valence electrons. The van der Waals surface area contributed by atoms with Gasteiger partial charge in [0.15, 0.2) is 0 Å². The number of nitrogens with one attached hydrogen (secondary N) is 1. The Labute approximate surface area is 188 Å². The third-order valence-corrected chi connectivity index (χ3v) is 6.39. The van der Waals surface area contributed by atoms with Crippen LogP contribution in [0.1, 0.15) is 34.7 Å². The molecule has 32 heavy (non-hydrogen) atoms.